The molecule has 36 heavy (non-hydrogen) atoms. The van der Waals surface area contributed by atoms with Crippen LogP contribution in [0, 0.1) is 20.8 Å². The van der Waals surface area contributed by atoms with Crippen LogP contribution in [0.5, 0.6) is 17.4 Å². The molecule has 1 amide bonds. The molecular formula is C28H31N5O3. The van der Waals surface area contributed by atoms with Crippen molar-refractivity contribution in [2.75, 3.05) is 11.9 Å². The van der Waals surface area contributed by atoms with Gasteiger partial charge in [0, 0.05) is 23.0 Å². The van der Waals surface area contributed by atoms with E-state index in [1.54, 1.807) is 47.1 Å². The van der Waals surface area contributed by atoms with Gasteiger partial charge in [-0.3, -0.25) is 4.79 Å². The molecule has 2 heterocycles. The lowest BCUT2D eigenvalue weighted by atomic mass is 10.2. The molecule has 1 N–H and O–H groups in total. The fourth-order valence-corrected chi connectivity index (χ4v) is 3.72. The van der Waals surface area contributed by atoms with Crippen LogP contribution >= 0.6 is 0 Å². The van der Waals surface area contributed by atoms with Gasteiger partial charge in [-0.25, -0.2) is 9.67 Å². The van der Waals surface area contributed by atoms with Crippen LogP contribution in [-0.4, -0.2) is 32.3 Å². The van der Waals surface area contributed by atoms with Crippen molar-refractivity contribution in [3.63, 3.8) is 0 Å². The van der Waals surface area contributed by atoms with E-state index in [9.17, 15) is 4.79 Å². The van der Waals surface area contributed by atoms with Crippen molar-refractivity contribution in [2.45, 2.75) is 47.0 Å². The van der Waals surface area contributed by atoms with E-state index in [2.05, 4.69) is 27.3 Å². The van der Waals surface area contributed by atoms with Crippen LogP contribution in [0.4, 0.5) is 5.69 Å². The molecule has 0 aliphatic carbocycles. The molecule has 0 atom stereocenters. The summed E-state index contributed by atoms with van der Waals surface area (Å²) in [6.07, 6.45) is 3.33. The molecule has 0 bridgehead atoms. The Balaban J connectivity index is 1.37. The number of carbonyl (C=O) groups excluding carboxylic acids is 1. The number of amides is 1. The number of aryl methyl sites for hydroxylation is 3. The summed E-state index contributed by atoms with van der Waals surface area (Å²) in [5.74, 6) is 2.81. The van der Waals surface area contributed by atoms with E-state index in [1.165, 1.54) is 0 Å². The van der Waals surface area contributed by atoms with Crippen molar-refractivity contribution in [2.24, 2.45) is 0 Å². The number of benzene rings is 2. The van der Waals surface area contributed by atoms with Gasteiger partial charge < -0.3 is 14.8 Å². The Morgan fingerprint density at radius 2 is 1.64 bits per heavy atom. The summed E-state index contributed by atoms with van der Waals surface area (Å²) in [5.41, 5.74) is 3.11. The first-order valence-corrected chi connectivity index (χ1v) is 12.1. The quantitative estimate of drug-likeness (QED) is 0.269. The van der Waals surface area contributed by atoms with Crippen LogP contribution in [0.25, 0.3) is 5.82 Å². The number of anilines is 1. The fraction of sp³-hybridized carbons (Fsp3) is 0.286. The van der Waals surface area contributed by atoms with Crippen molar-refractivity contribution in [3.05, 3.63) is 83.4 Å². The molecule has 2 aromatic carbocycles. The number of rotatable bonds is 10. The molecule has 0 aliphatic heterocycles. The van der Waals surface area contributed by atoms with Crippen LogP contribution in [-0.2, 0) is 0 Å². The lowest BCUT2D eigenvalue weighted by Crippen LogP contribution is -2.11. The van der Waals surface area contributed by atoms with Gasteiger partial charge in [0.1, 0.15) is 17.3 Å². The molecule has 0 saturated carbocycles. The predicted molar refractivity (Wildman–Crippen MR) is 139 cm³/mol. The summed E-state index contributed by atoms with van der Waals surface area (Å²) in [7, 11) is 0. The molecule has 0 spiro atoms. The Morgan fingerprint density at radius 3 is 2.31 bits per heavy atom. The van der Waals surface area contributed by atoms with Crippen LogP contribution in [0.2, 0.25) is 0 Å². The largest absolute Gasteiger partial charge is 0.494 e. The summed E-state index contributed by atoms with van der Waals surface area (Å²) in [6.45, 7) is 8.57. The number of unbranched alkanes of at least 4 members (excludes halogenated alkanes) is 2. The maximum Gasteiger partial charge on any atom is 0.255 e. The molecule has 0 unspecified atom stereocenters. The molecule has 8 heteroatoms. The lowest BCUT2D eigenvalue weighted by molar-refractivity contribution is 0.102. The van der Waals surface area contributed by atoms with Crippen molar-refractivity contribution in [3.8, 4) is 23.2 Å². The van der Waals surface area contributed by atoms with Gasteiger partial charge in [0.2, 0.25) is 5.88 Å². The molecule has 0 saturated heterocycles. The van der Waals surface area contributed by atoms with Gasteiger partial charge in [-0.1, -0.05) is 19.8 Å². The molecule has 4 rings (SSSR count). The molecule has 0 radical (unpaired) electrons. The Bertz CT molecular complexity index is 1310. The number of aromatic nitrogens is 4. The number of ether oxygens (including phenoxy) is 2. The zero-order valence-corrected chi connectivity index (χ0v) is 21.1. The number of carbonyl (C=O) groups is 1. The van der Waals surface area contributed by atoms with E-state index in [0.717, 1.165) is 36.4 Å². The van der Waals surface area contributed by atoms with Crippen LogP contribution in [0.3, 0.4) is 0 Å². The van der Waals surface area contributed by atoms with Gasteiger partial charge >= 0.3 is 0 Å². The van der Waals surface area contributed by atoms with Crippen molar-refractivity contribution in [1.29, 1.82) is 0 Å². The van der Waals surface area contributed by atoms with E-state index in [4.69, 9.17) is 9.47 Å². The highest BCUT2D eigenvalue weighted by molar-refractivity contribution is 6.04. The smallest absolute Gasteiger partial charge is 0.255 e. The molecule has 0 fully saturated rings. The zero-order chi connectivity index (χ0) is 25.5. The van der Waals surface area contributed by atoms with E-state index in [0.29, 0.717) is 41.1 Å². The van der Waals surface area contributed by atoms with Crippen molar-refractivity contribution in [1.82, 2.24) is 19.7 Å². The highest BCUT2D eigenvalue weighted by Gasteiger charge is 2.11. The van der Waals surface area contributed by atoms with Gasteiger partial charge in [0.25, 0.3) is 5.91 Å². The highest BCUT2D eigenvalue weighted by atomic mass is 16.5. The van der Waals surface area contributed by atoms with E-state index in [1.807, 2.05) is 39.0 Å². The predicted octanol–water partition coefficient (Wildman–Crippen LogP) is 6.20. The summed E-state index contributed by atoms with van der Waals surface area (Å²) in [5, 5.41) is 7.39. The summed E-state index contributed by atoms with van der Waals surface area (Å²) < 4.78 is 13.4. The first kappa shape index (κ1) is 24.9. The minimum atomic E-state index is -0.192. The third kappa shape index (κ3) is 6.47. The van der Waals surface area contributed by atoms with Crippen LogP contribution in [0.1, 0.15) is 53.8 Å². The van der Waals surface area contributed by atoms with Crippen LogP contribution in [0.15, 0.2) is 60.7 Å². The van der Waals surface area contributed by atoms with Crippen molar-refractivity contribution < 1.29 is 14.3 Å². The zero-order valence-electron chi connectivity index (χ0n) is 21.1. The average Bonchev–Trinajstić information content (AvgIpc) is 3.21. The van der Waals surface area contributed by atoms with Gasteiger partial charge in [-0.15, -0.1) is 0 Å². The number of nitrogens with one attached hydrogen (secondary N) is 1. The Labute approximate surface area is 211 Å². The van der Waals surface area contributed by atoms with E-state index in [-0.39, 0.29) is 5.91 Å². The summed E-state index contributed by atoms with van der Waals surface area (Å²) >= 11 is 0. The monoisotopic (exact) mass is 485 g/mol. The van der Waals surface area contributed by atoms with E-state index >= 15 is 0 Å². The topological polar surface area (TPSA) is 91.2 Å². The fourth-order valence-electron chi connectivity index (χ4n) is 3.72. The van der Waals surface area contributed by atoms with Gasteiger partial charge in [-0.2, -0.15) is 10.1 Å². The maximum atomic E-state index is 12.6. The Morgan fingerprint density at radius 1 is 0.917 bits per heavy atom. The minimum absolute atomic E-state index is 0.192. The lowest BCUT2D eigenvalue weighted by Gasteiger charge is -2.10. The first-order chi connectivity index (χ1) is 17.4. The number of hydrogen-bond acceptors (Lipinski definition) is 6. The van der Waals surface area contributed by atoms with Gasteiger partial charge in [-0.05, 0) is 81.8 Å². The minimum Gasteiger partial charge on any atom is -0.494 e. The number of hydrogen-bond donors (Lipinski definition) is 1. The first-order valence-electron chi connectivity index (χ1n) is 12.1. The molecule has 2 aromatic heterocycles. The second-order valence-electron chi connectivity index (χ2n) is 8.61. The van der Waals surface area contributed by atoms with Gasteiger partial charge in [0.15, 0.2) is 5.82 Å². The van der Waals surface area contributed by atoms with E-state index < -0.39 is 0 Å². The number of nitrogens with zero attached hydrogens (tertiary/aromatic N) is 4. The molecular weight excluding hydrogens is 454 g/mol. The molecule has 0 aliphatic rings. The second-order valence-corrected chi connectivity index (χ2v) is 8.61. The molecule has 8 nitrogen and oxygen atoms in total. The standard InChI is InChI=1S/C28H31N5O3/c1-5-6-7-16-35-24-12-8-22(9-13-24)28(34)31-23-10-14-25(15-11-23)36-27-18-26(29-21(4)30-27)33-20(3)17-19(2)32-33/h8-15,17-18H,5-7,16H2,1-4H3,(H,31,34). The average molecular weight is 486 g/mol. The Kier molecular flexibility index (Phi) is 7.95. The Hall–Kier alpha value is -4.20. The molecule has 186 valence electrons. The second kappa shape index (κ2) is 11.5. The third-order valence-electron chi connectivity index (χ3n) is 5.50. The van der Waals surface area contributed by atoms with Crippen LogP contribution < -0.4 is 14.8 Å². The summed E-state index contributed by atoms with van der Waals surface area (Å²) in [6, 6.07) is 18.0. The van der Waals surface area contributed by atoms with Crippen molar-refractivity contribution >= 4 is 11.6 Å². The summed E-state index contributed by atoms with van der Waals surface area (Å²) in [4.78, 5) is 21.5. The maximum absolute atomic E-state index is 12.6. The normalized spacial score (nSPS) is 10.8. The highest BCUT2D eigenvalue weighted by Crippen LogP contribution is 2.24. The molecule has 4 aromatic rings. The van der Waals surface area contributed by atoms with Gasteiger partial charge in [0.05, 0.1) is 12.3 Å². The SMILES string of the molecule is CCCCCOc1ccc(C(=O)Nc2ccc(Oc3cc(-n4nc(C)cc4C)nc(C)n3)cc2)cc1. The third-order valence-corrected chi connectivity index (χ3v) is 5.50.